The van der Waals surface area contributed by atoms with Crippen molar-refractivity contribution in [2.24, 2.45) is 5.73 Å². The van der Waals surface area contributed by atoms with Crippen molar-refractivity contribution in [3.63, 3.8) is 0 Å². The van der Waals surface area contributed by atoms with E-state index in [2.05, 4.69) is 4.72 Å². The molecule has 1 saturated heterocycles. The van der Waals surface area contributed by atoms with E-state index < -0.39 is 10.2 Å². The molecule has 2 rings (SSSR count). The number of aryl methyl sites for hydroxylation is 1. The van der Waals surface area contributed by atoms with Gasteiger partial charge >= 0.3 is 10.2 Å². The van der Waals surface area contributed by atoms with Gasteiger partial charge in [0.05, 0.1) is 5.69 Å². The number of nitrogens with two attached hydrogens (primary N) is 1. The predicted molar refractivity (Wildman–Crippen MR) is 86.4 cm³/mol. The van der Waals surface area contributed by atoms with Crippen molar-refractivity contribution < 1.29 is 8.42 Å². The zero-order valence-corrected chi connectivity index (χ0v) is 13.2. The maximum atomic E-state index is 12.4. The first kappa shape index (κ1) is 16.3. The Kier molecular flexibility index (Phi) is 6.02. The maximum Gasteiger partial charge on any atom is 0.301 e. The van der Waals surface area contributed by atoms with Crippen molar-refractivity contribution in [2.45, 2.75) is 38.5 Å². The predicted octanol–water partition coefficient (Wildman–Crippen LogP) is 2.11. The summed E-state index contributed by atoms with van der Waals surface area (Å²) in [7, 11) is -3.44. The van der Waals surface area contributed by atoms with Crippen LogP contribution >= 0.6 is 0 Å². The van der Waals surface area contributed by atoms with Gasteiger partial charge in [-0.2, -0.15) is 12.7 Å². The lowest BCUT2D eigenvalue weighted by atomic mass is 10.1. The largest absolute Gasteiger partial charge is 0.330 e. The summed E-state index contributed by atoms with van der Waals surface area (Å²) in [6.45, 7) is 1.87. The second kappa shape index (κ2) is 7.77. The molecular formula is C15H25N3O2S. The minimum absolute atomic E-state index is 0.613. The molecular weight excluding hydrogens is 286 g/mol. The maximum absolute atomic E-state index is 12.4. The summed E-state index contributed by atoms with van der Waals surface area (Å²) in [6, 6.07) is 7.57. The summed E-state index contributed by atoms with van der Waals surface area (Å²) in [5.41, 5.74) is 7.25. The third-order valence-corrected chi connectivity index (χ3v) is 5.29. The van der Waals surface area contributed by atoms with Gasteiger partial charge in [-0.1, -0.05) is 25.0 Å². The number of benzene rings is 1. The highest BCUT2D eigenvalue weighted by Gasteiger charge is 2.22. The number of rotatable bonds is 6. The molecule has 1 fully saturated rings. The number of anilines is 1. The molecule has 1 aromatic carbocycles. The lowest BCUT2D eigenvalue weighted by Gasteiger charge is -2.21. The summed E-state index contributed by atoms with van der Waals surface area (Å²) in [5, 5.41) is 0. The Morgan fingerprint density at radius 1 is 1.14 bits per heavy atom. The Balaban J connectivity index is 2.05. The summed E-state index contributed by atoms with van der Waals surface area (Å²) >= 11 is 0. The molecule has 0 saturated carbocycles. The second-order valence-corrected chi connectivity index (χ2v) is 7.18. The highest BCUT2D eigenvalue weighted by atomic mass is 32.2. The molecule has 3 N–H and O–H groups in total. The molecule has 0 amide bonds. The average molecular weight is 311 g/mol. The molecule has 1 aliphatic rings. The smallest absolute Gasteiger partial charge is 0.301 e. The van der Waals surface area contributed by atoms with Gasteiger partial charge in [-0.15, -0.1) is 0 Å². The van der Waals surface area contributed by atoms with Gasteiger partial charge in [0, 0.05) is 13.1 Å². The molecule has 6 heteroatoms. The lowest BCUT2D eigenvalue weighted by Crippen LogP contribution is -2.36. The van der Waals surface area contributed by atoms with E-state index in [0.29, 0.717) is 25.3 Å². The Morgan fingerprint density at radius 2 is 1.86 bits per heavy atom. The quantitative estimate of drug-likeness (QED) is 0.845. The topological polar surface area (TPSA) is 75.4 Å². The molecule has 21 heavy (non-hydrogen) atoms. The third kappa shape index (κ3) is 4.98. The van der Waals surface area contributed by atoms with Crippen molar-refractivity contribution in [3.8, 4) is 0 Å². The summed E-state index contributed by atoms with van der Waals surface area (Å²) in [6.07, 6.45) is 5.88. The molecule has 118 valence electrons. The number of hydrogen-bond acceptors (Lipinski definition) is 3. The minimum atomic E-state index is -3.44. The molecule has 1 aromatic rings. The second-order valence-electron chi connectivity index (χ2n) is 5.51. The van der Waals surface area contributed by atoms with Crippen molar-refractivity contribution in [2.75, 3.05) is 24.4 Å². The van der Waals surface area contributed by atoms with Crippen LogP contribution in [-0.4, -0.2) is 32.4 Å². The van der Waals surface area contributed by atoms with Gasteiger partial charge in [-0.25, -0.2) is 0 Å². The van der Waals surface area contributed by atoms with Crippen LogP contribution in [0.1, 0.15) is 37.7 Å². The first-order valence-electron chi connectivity index (χ1n) is 7.69. The highest BCUT2D eigenvalue weighted by Crippen LogP contribution is 2.18. The normalized spacial score (nSPS) is 17.4. The molecule has 0 radical (unpaired) electrons. The molecule has 5 nitrogen and oxygen atoms in total. The monoisotopic (exact) mass is 311 g/mol. The van der Waals surface area contributed by atoms with E-state index in [4.69, 9.17) is 5.73 Å². The van der Waals surface area contributed by atoms with E-state index in [1.165, 1.54) is 0 Å². The zero-order chi connectivity index (χ0) is 15.1. The summed E-state index contributed by atoms with van der Waals surface area (Å²) in [4.78, 5) is 0. The number of hydrogen-bond donors (Lipinski definition) is 2. The standard InChI is InChI=1S/C15H25N3O2S/c16-10-6-8-14-7-5-9-15(13-14)17-21(19,20)18-11-3-1-2-4-12-18/h5,7,9,13,17H,1-4,6,8,10-12,16H2. The van der Waals surface area contributed by atoms with Crippen LogP contribution in [-0.2, 0) is 16.6 Å². The van der Waals surface area contributed by atoms with Crippen LogP contribution in [0.25, 0.3) is 0 Å². The van der Waals surface area contributed by atoms with Crippen molar-refractivity contribution in [3.05, 3.63) is 29.8 Å². The first-order chi connectivity index (χ1) is 10.1. The summed E-state index contributed by atoms with van der Waals surface area (Å²) < 4.78 is 29.1. The van der Waals surface area contributed by atoms with Crippen LogP contribution in [0.15, 0.2) is 24.3 Å². The molecule has 0 bridgehead atoms. The summed E-state index contributed by atoms with van der Waals surface area (Å²) in [5.74, 6) is 0. The highest BCUT2D eigenvalue weighted by molar-refractivity contribution is 7.90. The molecule has 0 unspecified atom stereocenters. The average Bonchev–Trinajstić information content (AvgIpc) is 2.74. The number of nitrogens with zero attached hydrogens (tertiary/aromatic N) is 1. The van der Waals surface area contributed by atoms with E-state index in [1.807, 2.05) is 18.2 Å². The van der Waals surface area contributed by atoms with Gasteiger partial charge in [0.15, 0.2) is 0 Å². The van der Waals surface area contributed by atoms with Crippen LogP contribution in [0.3, 0.4) is 0 Å². The number of nitrogens with one attached hydrogen (secondary N) is 1. The fourth-order valence-electron chi connectivity index (χ4n) is 2.59. The Morgan fingerprint density at radius 3 is 2.52 bits per heavy atom. The molecule has 0 aromatic heterocycles. The van der Waals surface area contributed by atoms with Gasteiger partial charge in [0.25, 0.3) is 0 Å². The van der Waals surface area contributed by atoms with Gasteiger partial charge in [-0.3, -0.25) is 4.72 Å². The van der Waals surface area contributed by atoms with Crippen molar-refractivity contribution >= 4 is 15.9 Å². The van der Waals surface area contributed by atoms with E-state index >= 15 is 0 Å². The van der Waals surface area contributed by atoms with E-state index in [-0.39, 0.29) is 0 Å². The van der Waals surface area contributed by atoms with Crippen molar-refractivity contribution in [1.29, 1.82) is 0 Å². The fraction of sp³-hybridized carbons (Fsp3) is 0.600. The van der Waals surface area contributed by atoms with Crippen LogP contribution in [0.5, 0.6) is 0 Å². The van der Waals surface area contributed by atoms with Gasteiger partial charge in [0.1, 0.15) is 0 Å². The van der Waals surface area contributed by atoms with Gasteiger partial charge in [-0.05, 0) is 49.9 Å². The van der Waals surface area contributed by atoms with Gasteiger partial charge < -0.3 is 5.73 Å². The fourth-order valence-corrected chi connectivity index (χ4v) is 3.88. The van der Waals surface area contributed by atoms with Crippen molar-refractivity contribution in [1.82, 2.24) is 4.31 Å². The van der Waals surface area contributed by atoms with Gasteiger partial charge in [0.2, 0.25) is 0 Å². The van der Waals surface area contributed by atoms with E-state index in [0.717, 1.165) is 44.1 Å². The molecule has 0 atom stereocenters. The SMILES string of the molecule is NCCCc1cccc(NS(=O)(=O)N2CCCCCC2)c1. The Labute approximate surface area is 127 Å². The van der Waals surface area contributed by atoms with Crippen LogP contribution < -0.4 is 10.5 Å². The molecule has 0 spiro atoms. The third-order valence-electron chi connectivity index (χ3n) is 3.75. The molecule has 0 aliphatic carbocycles. The first-order valence-corrected chi connectivity index (χ1v) is 9.13. The van der Waals surface area contributed by atoms with E-state index in [1.54, 1.807) is 10.4 Å². The van der Waals surface area contributed by atoms with Crippen LogP contribution in [0.2, 0.25) is 0 Å². The zero-order valence-electron chi connectivity index (χ0n) is 12.4. The Hall–Kier alpha value is -1.11. The molecule has 1 heterocycles. The van der Waals surface area contributed by atoms with E-state index in [9.17, 15) is 8.42 Å². The Bertz CT molecular complexity index is 538. The molecule has 1 aliphatic heterocycles. The minimum Gasteiger partial charge on any atom is -0.330 e. The van der Waals surface area contributed by atoms with Crippen LogP contribution in [0, 0.1) is 0 Å². The van der Waals surface area contributed by atoms with Crippen LogP contribution in [0.4, 0.5) is 5.69 Å². The lowest BCUT2D eigenvalue weighted by molar-refractivity contribution is 0.427.